The molecule has 0 unspecified atom stereocenters. The number of carbonyl (C=O) groups is 1. The molecule has 1 aliphatic rings. The fraction of sp³-hybridized carbons (Fsp3) is 0.258. The lowest BCUT2D eigenvalue weighted by Crippen LogP contribution is -2.22. The Labute approximate surface area is 242 Å². The van der Waals surface area contributed by atoms with Gasteiger partial charge in [-0.15, -0.1) is 11.3 Å². The van der Waals surface area contributed by atoms with Crippen molar-refractivity contribution < 1.29 is 18.0 Å². The number of halogens is 3. The summed E-state index contributed by atoms with van der Waals surface area (Å²) in [5.74, 6) is -0.177. The lowest BCUT2D eigenvalue weighted by Gasteiger charge is -2.14. The predicted octanol–water partition coefficient (Wildman–Crippen LogP) is 7.73. The van der Waals surface area contributed by atoms with Crippen LogP contribution in [0.2, 0.25) is 0 Å². The van der Waals surface area contributed by atoms with E-state index in [1.54, 1.807) is 46.5 Å². The first-order chi connectivity index (χ1) is 19.6. The van der Waals surface area contributed by atoms with Gasteiger partial charge >= 0.3 is 6.18 Å². The smallest absolute Gasteiger partial charge is 0.318 e. The summed E-state index contributed by atoms with van der Waals surface area (Å²) in [4.78, 5) is 34.2. The van der Waals surface area contributed by atoms with Gasteiger partial charge in [-0.1, -0.05) is 36.0 Å². The lowest BCUT2D eigenvalue weighted by molar-refractivity contribution is -0.137. The van der Waals surface area contributed by atoms with Crippen molar-refractivity contribution >= 4 is 39.1 Å². The van der Waals surface area contributed by atoms with Crippen molar-refractivity contribution in [3.63, 3.8) is 0 Å². The molecule has 0 fully saturated rings. The fourth-order valence-corrected chi connectivity index (χ4v) is 7.76. The van der Waals surface area contributed by atoms with Crippen LogP contribution in [-0.4, -0.2) is 25.7 Å². The van der Waals surface area contributed by atoms with Gasteiger partial charge in [-0.25, -0.2) is 4.98 Å². The third-order valence-corrected chi connectivity index (χ3v) is 9.59. The van der Waals surface area contributed by atoms with Gasteiger partial charge < -0.3 is 4.57 Å². The summed E-state index contributed by atoms with van der Waals surface area (Å²) in [6.45, 7) is 3.49. The van der Waals surface area contributed by atoms with Gasteiger partial charge in [0.15, 0.2) is 10.9 Å². The number of rotatable bonds is 6. The zero-order valence-corrected chi connectivity index (χ0v) is 24.1. The molecule has 0 bridgehead atoms. The number of ketones is 1. The maximum atomic E-state index is 13.9. The summed E-state index contributed by atoms with van der Waals surface area (Å²) in [7, 11) is 0. The minimum Gasteiger partial charge on any atom is -0.318 e. The van der Waals surface area contributed by atoms with Gasteiger partial charge in [0.1, 0.15) is 4.83 Å². The molecule has 210 valence electrons. The maximum Gasteiger partial charge on any atom is 0.416 e. The first-order valence-electron chi connectivity index (χ1n) is 13.3. The molecule has 6 rings (SSSR count). The second-order valence-electron chi connectivity index (χ2n) is 10.1. The number of hydrogen-bond acceptors (Lipinski definition) is 5. The van der Waals surface area contributed by atoms with E-state index in [1.807, 2.05) is 30.3 Å². The summed E-state index contributed by atoms with van der Waals surface area (Å²) < 4.78 is 43.2. The van der Waals surface area contributed by atoms with Crippen LogP contribution in [0.15, 0.2) is 70.6 Å². The Balaban J connectivity index is 1.35. The molecule has 3 aromatic heterocycles. The Morgan fingerprint density at radius 2 is 1.71 bits per heavy atom. The van der Waals surface area contributed by atoms with Crippen LogP contribution in [0.1, 0.15) is 50.6 Å². The molecular weight excluding hydrogens is 567 g/mol. The highest BCUT2D eigenvalue weighted by Gasteiger charge is 2.31. The summed E-state index contributed by atoms with van der Waals surface area (Å²) >= 11 is 2.76. The largest absolute Gasteiger partial charge is 0.416 e. The number of para-hydroxylation sites is 1. The van der Waals surface area contributed by atoms with E-state index >= 15 is 0 Å². The van der Waals surface area contributed by atoms with Crippen LogP contribution < -0.4 is 5.56 Å². The minimum atomic E-state index is -4.47. The van der Waals surface area contributed by atoms with Crippen LogP contribution in [0.4, 0.5) is 13.2 Å². The number of carbonyl (C=O) groups excluding carboxylic acids is 1. The Hall–Kier alpha value is -3.63. The molecule has 10 heteroatoms. The maximum absolute atomic E-state index is 13.9. The van der Waals surface area contributed by atoms with E-state index in [4.69, 9.17) is 4.98 Å². The van der Waals surface area contributed by atoms with Crippen LogP contribution in [0, 0.1) is 13.8 Å². The highest BCUT2D eigenvalue weighted by molar-refractivity contribution is 7.99. The molecule has 0 amide bonds. The SMILES string of the molecule is Cc1cc(C(=O)CSc2nc3sc4c(c3c(=O)n2-c2ccccc2)CCCC4)c(C)n1-c1cccc(C(F)(F)F)c1. The lowest BCUT2D eigenvalue weighted by atomic mass is 9.97. The molecule has 3 heterocycles. The Morgan fingerprint density at radius 3 is 2.46 bits per heavy atom. The van der Waals surface area contributed by atoms with E-state index < -0.39 is 11.7 Å². The monoisotopic (exact) mass is 593 g/mol. The highest BCUT2D eigenvalue weighted by atomic mass is 32.2. The van der Waals surface area contributed by atoms with Crippen molar-refractivity contribution in [1.29, 1.82) is 0 Å². The number of hydrogen-bond donors (Lipinski definition) is 0. The number of fused-ring (bicyclic) bond motifs is 3. The molecule has 2 aromatic carbocycles. The molecule has 0 spiro atoms. The number of Topliss-reactive ketones (excluding diaryl/α,β-unsaturated/α-hetero) is 1. The molecule has 0 saturated heterocycles. The summed E-state index contributed by atoms with van der Waals surface area (Å²) in [5, 5.41) is 1.11. The van der Waals surface area contributed by atoms with E-state index in [1.165, 1.54) is 22.7 Å². The van der Waals surface area contributed by atoms with E-state index in [-0.39, 0.29) is 17.1 Å². The van der Waals surface area contributed by atoms with Crippen molar-refractivity contribution in [3.05, 3.63) is 104 Å². The molecule has 0 atom stereocenters. The molecule has 0 saturated carbocycles. The number of aryl methyl sites for hydroxylation is 3. The van der Waals surface area contributed by atoms with Crippen molar-refractivity contribution in [1.82, 2.24) is 14.1 Å². The second-order valence-corrected chi connectivity index (χ2v) is 12.2. The second kappa shape index (κ2) is 10.6. The van der Waals surface area contributed by atoms with Crippen LogP contribution in [0.3, 0.4) is 0 Å². The minimum absolute atomic E-state index is 0.0166. The van der Waals surface area contributed by atoms with Gasteiger partial charge in [0.25, 0.3) is 5.56 Å². The number of aromatic nitrogens is 3. The van der Waals surface area contributed by atoms with Crippen LogP contribution in [0.25, 0.3) is 21.6 Å². The standard InChI is InChI=1S/C31H26F3N3O2S2/c1-18-15-24(19(2)36(18)22-12-8-9-20(16-22)31(32,33)34)25(38)17-40-30-35-28-27(23-13-6-7-14-26(23)41-28)29(39)37(30)21-10-4-3-5-11-21/h3-5,8-12,15-16H,6-7,13-14,17H2,1-2H3. The van der Waals surface area contributed by atoms with Crippen LogP contribution in [-0.2, 0) is 19.0 Å². The Morgan fingerprint density at radius 1 is 0.976 bits per heavy atom. The molecule has 1 aliphatic carbocycles. The van der Waals surface area contributed by atoms with Gasteiger partial charge in [-0.05, 0) is 81.5 Å². The average Bonchev–Trinajstić information content (AvgIpc) is 3.48. The van der Waals surface area contributed by atoms with Gasteiger partial charge in [0.05, 0.1) is 22.4 Å². The highest BCUT2D eigenvalue weighted by Crippen LogP contribution is 2.36. The molecule has 0 N–H and O–H groups in total. The number of benzene rings is 2. The van der Waals surface area contributed by atoms with E-state index in [0.29, 0.717) is 43.7 Å². The number of alkyl halides is 3. The summed E-state index contributed by atoms with van der Waals surface area (Å²) in [6.07, 6.45) is -0.503. The van der Waals surface area contributed by atoms with Crippen molar-refractivity contribution in [2.24, 2.45) is 0 Å². The van der Waals surface area contributed by atoms with Gasteiger partial charge in [-0.2, -0.15) is 13.2 Å². The van der Waals surface area contributed by atoms with E-state index in [0.717, 1.165) is 43.4 Å². The first kappa shape index (κ1) is 27.5. The van der Waals surface area contributed by atoms with Gasteiger partial charge in [0, 0.05) is 27.5 Å². The predicted molar refractivity (Wildman–Crippen MR) is 157 cm³/mol. The molecule has 0 radical (unpaired) electrons. The quantitative estimate of drug-likeness (QED) is 0.115. The first-order valence-corrected chi connectivity index (χ1v) is 15.1. The third kappa shape index (κ3) is 5.04. The van der Waals surface area contributed by atoms with Crippen LogP contribution >= 0.6 is 23.1 Å². The molecule has 5 nitrogen and oxygen atoms in total. The molecule has 41 heavy (non-hydrogen) atoms. The Bertz CT molecular complexity index is 1850. The van der Waals surface area contributed by atoms with E-state index in [2.05, 4.69) is 0 Å². The van der Waals surface area contributed by atoms with Crippen molar-refractivity contribution in [3.8, 4) is 11.4 Å². The fourth-order valence-electron chi connectivity index (χ4n) is 5.56. The van der Waals surface area contributed by atoms with Crippen molar-refractivity contribution in [2.45, 2.75) is 50.9 Å². The van der Waals surface area contributed by atoms with E-state index in [9.17, 15) is 22.8 Å². The zero-order valence-electron chi connectivity index (χ0n) is 22.4. The summed E-state index contributed by atoms with van der Waals surface area (Å²) in [6, 6.07) is 16.1. The van der Waals surface area contributed by atoms with Gasteiger partial charge in [0.2, 0.25) is 0 Å². The average molecular weight is 594 g/mol. The number of thioether (sulfide) groups is 1. The Kier molecular flexibility index (Phi) is 7.15. The molecule has 5 aromatic rings. The molecule has 0 aliphatic heterocycles. The number of thiophene rings is 1. The summed E-state index contributed by atoms with van der Waals surface area (Å²) in [5.41, 5.74) is 2.89. The van der Waals surface area contributed by atoms with Crippen molar-refractivity contribution in [2.75, 3.05) is 5.75 Å². The zero-order chi connectivity index (χ0) is 28.9. The van der Waals surface area contributed by atoms with Gasteiger partial charge in [-0.3, -0.25) is 14.2 Å². The topological polar surface area (TPSA) is 56.9 Å². The van der Waals surface area contributed by atoms with Crippen LogP contribution in [0.5, 0.6) is 0 Å². The number of nitrogens with zero attached hydrogens (tertiary/aromatic N) is 3. The molecular formula is C31H26F3N3O2S2. The third-order valence-electron chi connectivity index (χ3n) is 7.47. The normalized spacial score (nSPS) is 13.5.